The number of allylic oxidation sites excluding steroid dienone is 2. The Hall–Kier alpha value is -0.770. The van der Waals surface area contributed by atoms with Crippen LogP contribution in [0.2, 0.25) is 0 Å². The van der Waals surface area contributed by atoms with E-state index in [2.05, 4.69) is 10.8 Å². The zero-order valence-electron chi connectivity index (χ0n) is 5.07. The monoisotopic (exact) mass is 148 g/mol. The molecule has 0 spiro atoms. The third-order valence-corrected chi connectivity index (χ3v) is 0.906. The highest BCUT2D eigenvalue weighted by Gasteiger charge is 1.93. The summed E-state index contributed by atoms with van der Waals surface area (Å²) in [6.45, 7) is 3.32. The molecule has 0 aromatic rings. The molecule has 0 aliphatic carbocycles. The van der Waals surface area contributed by atoms with E-state index in [1.54, 1.807) is 0 Å². The number of rotatable bonds is 3. The van der Waals surface area contributed by atoms with Gasteiger partial charge in [0, 0.05) is 0 Å². The van der Waals surface area contributed by atoms with Crippen LogP contribution in [-0.4, -0.2) is 14.7 Å². The van der Waals surface area contributed by atoms with Crippen molar-refractivity contribution < 1.29 is 12.6 Å². The van der Waals surface area contributed by atoms with Gasteiger partial charge in [-0.3, -0.25) is 0 Å². The van der Waals surface area contributed by atoms with Crippen molar-refractivity contribution in [3.05, 3.63) is 25.0 Å². The second kappa shape index (κ2) is 3.29. The van der Waals surface area contributed by atoms with Crippen molar-refractivity contribution in [1.29, 1.82) is 0 Å². The molecule has 0 saturated heterocycles. The Labute approximate surface area is 54.8 Å². The highest BCUT2D eigenvalue weighted by atomic mass is 32.2. The van der Waals surface area contributed by atoms with Crippen molar-refractivity contribution in [2.24, 2.45) is 0 Å². The van der Waals surface area contributed by atoms with Crippen molar-refractivity contribution in [3.8, 4) is 0 Å². The van der Waals surface area contributed by atoms with Crippen LogP contribution < -0.4 is 0 Å². The summed E-state index contributed by atoms with van der Waals surface area (Å²) < 4.78 is 24.6. The lowest BCUT2D eigenvalue weighted by molar-refractivity contribution is 0.450. The maximum absolute atomic E-state index is 10.2. The summed E-state index contributed by atoms with van der Waals surface area (Å²) in [7, 11) is -3.33. The van der Waals surface area contributed by atoms with Crippen LogP contribution in [-0.2, 0) is 14.3 Å². The van der Waals surface area contributed by atoms with Gasteiger partial charge in [0.25, 0.3) is 0 Å². The summed E-state index contributed by atoms with van der Waals surface area (Å²) >= 11 is 0. The Kier molecular flexibility index (Phi) is 3.01. The summed E-state index contributed by atoms with van der Waals surface area (Å²) in [6, 6.07) is 0. The number of hydrogen-bond acceptors (Lipinski definition) is 3. The summed E-state index contributed by atoms with van der Waals surface area (Å²) in [6.07, 6.45) is 4.84. The molecule has 0 rings (SSSR count). The molecule has 0 saturated carbocycles. The van der Waals surface area contributed by atoms with Crippen molar-refractivity contribution in [3.63, 3.8) is 0 Å². The number of hydrogen-bond donors (Lipinski definition) is 0. The largest absolute Gasteiger partial charge is 0.391 e. The van der Waals surface area contributed by atoms with Crippen molar-refractivity contribution in [2.75, 3.05) is 6.26 Å². The second-order valence-electron chi connectivity index (χ2n) is 1.36. The summed E-state index contributed by atoms with van der Waals surface area (Å²) in [5.74, 6) is 0. The summed E-state index contributed by atoms with van der Waals surface area (Å²) in [5.41, 5.74) is 0. The minimum absolute atomic E-state index is 0.973. The average Bonchev–Trinajstić information content (AvgIpc) is 1.63. The first-order chi connectivity index (χ1) is 4.06. The predicted octanol–water partition coefficient (Wildman–Crippen LogP) is 0.662. The van der Waals surface area contributed by atoms with Crippen LogP contribution in [0, 0.1) is 0 Å². The molecule has 0 aromatic heterocycles. The van der Waals surface area contributed by atoms with E-state index in [1.165, 1.54) is 12.2 Å². The van der Waals surface area contributed by atoms with Gasteiger partial charge in [0.15, 0.2) is 0 Å². The Bertz CT molecular complexity index is 200. The van der Waals surface area contributed by atoms with Crippen molar-refractivity contribution >= 4 is 10.1 Å². The molecule has 0 unspecified atom stereocenters. The standard InChI is InChI=1S/C5H8O3S/c1-3-4-5-8-9(2,6)7/h3-5H,1H2,2H3/b5-4-. The van der Waals surface area contributed by atoms with E-state index in [9.17, 15) is 8.42 Å². The molecule has 9 heavy (non-hydrogen) atoms. The zero-order chi connectivity index (χ0) is 7.33. The molecule has 0 aliphatic heterocycles. The van der Waals surface area contributed by atoms with Gasteiger partial charge >= 0.3 is 10.1 Å². The fourth-order valence-corrected chi connectivity index (χ4v) is 0.455. The van der Waals surface area contributed by atoms with Gasteiger partial charge in [-0.15, -0.1) is 0 Å². The minimum atomic E-state index is -3.33. The van der Waals surface area contributed by atoms with Gasteiger partial charge in [-0.25, -0.2) is 0 Å². The van der Waals surface area contributed by atoms with E-state index in [4.69, 9.17) is 0 Å². The third-order valence-electron chi connectivity index (χ3n) is 0.445. The maximum atomic E-state index is 10.2. The quantitative estimate of drug-likeness (QED) is 0.335. The van der Waals surface area contributed by atoms with Gasteiger partial charge in [-0.05, 0) is 6.08 Å². The predicted molar refractivity (Wildman–Crippen MR) is 35.3 cm³/mol. The van der Waals surface area contributed by atoms with E-state index in [0.717, 1.165) is 12.5 Å². The highest BCUT2D eigenvalue weighted by Crippen LogP contribution is 1.86. The van der Waals surface area contributed by atoms with Gasteiger partial charge in [-0.2, -0.15) is 8.42 Å². The molecule has 0 heterocycles. The van der Waals surface area contributed by atoms with Crippen LogP contribution in [0.5, 0.6) is 0 Å². The lowest BCUT2D eigenvalue weighted by atomic mass is 10.6. The van der Waals surface area contributed by atoms with Gasteiger partial charge in [-0.1, -0.05) is 12.7 Å². The van der Waals surface area contributed by atoms with E-state index < -0.39 is 10.1 Å². The molecule has 0 aromatic carbocycles. The van der Waals surface area contributed by atoms with Crippen molar-refractivity contribution in [2.45, 2.75) is 0 Å². The molecule has 0 radical (unpaired) electrons. The zero-order valence-corrected chi connectivity index (χ0v) is 5.89. The molecule has 0 aliphatic rings. The second-order valence-corrected chi connectivity index (χ2v) is 2.97. The lowest BCUT2D eigenvalue weighted by Crippen LogP contribution is -1.95. The first-order valence-electron chi connectivity index (χ1n) is 2.22. The van der Waals surface area contributed by atoms with Gasteiger partial charge < -0.3 is 4.18 Å². The topological polar surface area (TPSA) is 43.4 Å². The molecule has 0 atom stereocenters. The van der Waals surface area contributed by atoms with Crippen LogP contribution in [0.15, 0.2) is 25.0 Å². The van der Waals surface area contributed by atoms with Crippen LogP contribution in [0.1, 0.15) is 0 Å². The fraction of sp³-hybridized carbons (Fsp3) is 0.200. The van der Waals surface area contributed by atoms with E-state index >= 15 is 0 Å². The summed E-state index contributed by atoms with van der Waals surface area (Å²) in [4.78, 5) is 0. The van der Waals surface area contributed by atoms with E-state index in [0.29, 0.717) is 0 Å². The molecule has 0 fully saturated rings. The van der Waals surface area contributed by atoms with Crippen molar-refractivity contribution in [1.82, 2.24) is 0 Å². The van der Waals surface area contributed by atoms with Gasteiger partial charge in [0.05, 0.1) is 6.26 Å². The smallest absolute Gasteiger partial charge is 0.305 e. The molecule has 0 bridgehead atoms. The minimum Gasteiger partial charge on any atom is -0.391 e. The Balaban J connectivity index is 3.78. The molecular formula is C5H8O3S. The molecule has 52 valence electrons. The van der Waals surface area contributed by atoms with E-state index in [1.807, 2.05) is 0 Å². The van der Waals surface area contributed by atoms with Crippen LogP contribution in [0.4, 0.5) is 0 Å². The normalized spacial score (nSPS) is 11.7. The molecular weight excluding hydrogens is 140 g/mol. The highest BCUT2D eigenvalue weighted by molar-refractivity contribution is 7.86. The van der Waals surface area contributed by atoms with Gasteiger partial charge in [0.1, 0.15) is 6.26 Å². The Morgan fingerprint density at radius 1 is 1.56 bits per heavy atom. The Morgan fingerprint density at radius 2 is 2.11 bits per heavy atom. The van der Waals surface area contributed by atoms with E-state index in [-0.39, 0.29) is 0 Å². The van der Waals surface area contributed by atoms with Crippen LogP contribution in [0.25, 0.3) is 0 Å². The summed E-state index contributed by atoms with van der Waals surface area (Å²) in [5, 5.41) is 0. The lowest BCUT2D eigenvalue weighted by Gasteiger charge is -1.90. The first kappa shape index (κ1) is 8.23. The fourth-order valence-electron chi connectivity index (χ4n) is 0.189. The molecule has 3 nitrogen and oxygen atoms in total. The van der Waals surface area contributed by atoms with Crippen LogP contribution in [0.3, 0.4) is 0 Å². The third kappa shape index (κ3) is 7.23. The first-order valence-corrected chi connectivity index (χ1v) is 4.04. The Morgan fingerprint density at radius 3 is 2.44 bits per heavy atom. The molecule has 4 heteroatoms. The molecule has 0 amide bonds. The maximum Gasteiger partial charge on any atom is 0.305 e. The SMILES string of the molecule is C=C/C=C\OS(C)(=O)=O. The molecule has 0 N–H and O–H groups in total. The average molecular weight is 148 g/mol. The van der Waals surface area contributed by atoms with Crippen LogP contribution >= 0.6 is 0 Å². The van der Waals surface area contributed by atoms with Gasteiger partial charge in [0.2, 0.25) is 0 Å².